The normalized spacial score (nSPS) is 17.3. The SMILES string of the molecule is [Fe].c1ccc([S+]2CCCC2)cc1. The van der Waals surface area contributed by atoms with Gasteiger partial charge in [-0.05, 0) is 25.0 Å². The molecule has 1 heterocycles. The Hall–Kier alpha value is 0.0895. The van der Waals surface area contributed by atoms with Crippen molar-refractivity contribution in [3.05, 3.63) is 30.3 Å². The molecular weight excluding hydrogens is 208 g/mol. The molecule has 0 nitrogen and oxygen atoms in total. The molecule has 2 heteroatoms. The fraction of sp³-hybridized carbons (Fsp3) is 0.400. The van der Waals surface area contributed by atoms with Gasteiger partial charge in [-0.2, -0.15) is 0 Å². The van der Waals surface area contributed by atoms with E-state index >= 15 is 0 Å². The van der Waals surface area contributed by atoms with Crippen molar-refractivity contribution in [3.8, 4) is 0 Å². The smallest absolute Gasteiger partial charge is 0.0619 e. The summed E-state index contributed by atoms with van der Waals surface area (Å²) in [6.07, 6.45) is 2.88. The van der Waals surface area contributed by atoms with E-state index in [0.717, 1.165) is 0 Å². The van der Waals surface area contributed by atoms with Crippen LogP contribution in [0, 0.1) is 0 Å². The van der Waals surface area contributed by atoms with Crippen LogP contribution in [0.25, 0.3) is 0 Å². The van der Waals surface area contributed by atoms with E-state index in [1.165, 1.54) is 24.3 Å². The Kier molecular flexibility index (Phi) is 4.20. The second-order valence-electron chi connectivity index (χ2n) is 2.92. The van der Waals surface area contributed by atoms with Crippen LogP contribution in [0.1, 0.15) is 12.8 Å². The fourth-order valence-electron chi connectivity index (χ4n) is 1.50. The van der Waals surface area contributed by atoms with Crippen molar-refractivity contribution in [1.29, 1.82) is 0 Å². The Balaban J connectivity index is 0.000000720. The molecule has 0 bridgehead atoms. The Labute approximate surface area is 87.6 Å². The summed E-state index contributed by atoms with van der Waals surface area (Å²) in [4.78, 5) is 1.57. The van der Waals surface area contributed by atoms with E-state index < -0.39 is 0 Å². The average Bonchev–Trinajstić information content (AvgIpc) is 2.58. The monoisotopic (exact) mass is 221 g/mol. The van der Waals surface area contributed by atoms with Crippen LogP contribution in [0.2, 0.25) is 0 Å². The maximum absolute atomic E-state index is 2.27. The van der Waals surface area contributed by atoms with Crippen molar-refractivity contribution in [3.63, 3.8) is 0 Å². The molecule has 1 saturated heterocycles. The summed E-state index contributed by atoms with van der Waals surface area (Å²) in [6, 6.07) is 11.0. The van der Waals surface area contributed by atoms with E-state index in [1.807, 2.05) is 0 Å². The van der Waals surface area contributed by atoms with Gasteiger partial charge in [0.25, 0.3) is 0 Å². The van der Waals surface area contributed by atoms with Crippen LogP contribution in [0.3, 0.4) is 0 Å². The van der Waals surface area contributed by atoms with Crippen molar-refractivity contribution >= 4 is 10.9 Å². The van der Waals surface area contributed by atoms with Gasteiger partial charge in [0.1, 0.15) is 11.5 Å². The summed E-state index contributed by atoms with van der Waals surface area (Å²) < 4.78 is 0. The Bertz CT molecular complexity index is 217. The molecular formula is C10H13FeS+. The van der Waals surface area contributed by atoms with Crippen molar-refractivity contribution in [1.82, 2.24) is 0 Å². The van der Waals surface area contributed by atoms with Crippen LogP contribution >= 0.6 is 0 Å². The molecule has 12 heavy (non-hydrogen) atoms. The molecule has 0 amide bonds. The van der Waals surface area contributed by atoms with Crippen molar-refractivity contribution in [2.24, 2.45) is 0 Å². The number of rotatable bonds is 1. The molecule has 0 unspecified atom stereocenters. The van der Waals surface area contributed by atoms with Gasteiger partial charge in [0.2, 0.25) is 0 Å². The number of hydrogen-bond acceptors (Lipinski definition) is 0. The van der Waals surface area contributed by atoms with Gasteiger partial charge in [-0.1, -0.05) is 18.2 Å². The summed E-state index contributed by atoms with van der Waals surface area (Å²) in [5.74, 6) is 2.87. The summed E-state index contributed by atoms with van der Waals surface area (Å²) in [5, 5.41) is 0. The molecule has 1 aromatic carbocycles. The molecule has 0 atom stereocenters. The van der Waals surface area contributed by atoms with Crippen LogP contribution in [0.5, 0.6) is 0 Å². The Morgan fingerprint density at radius 1 is 0.917 bits per heavy atom. The molecule has 2 rings (SSSR count). The maximum atomic E-state index is 2.27. The van der Waals surface area contributed by atoms with Gasteiger partial charge in [0, 0.05) is 28.0 Å². The first kappa shape index (κ1) is 10.2. The Morgan fingerprint density at radius 3 is 2.08 bits per heavy atom. The van der Waals surface area contributed by atoms with Crippen LogP contribution < -0.4 is 0 Å². The van der Waals surface area contributed by atoms with Crippen molar-refractivity contribution in [2.45, 2.75) is 17.7 Å². The predicted octanol–water partition coefficient (Wildman–Crippen LogP) is 2.46. The van der Waals surface area contributed by atoms with Gasteiger partial charge in [-0.3, -0.25) is 0 Å². The van der Waals surface area contributed by atoms with Gasteiger partial charge in [0.15, 0.2) is 4.90 Å². The summed E-state index contributed by atoms with van der Waals surface area (Å²) in [7, 11) is 0.609. The third-order valence-electron chi connectivity index (χ3n) is 2.11. The molecule has 0 aliphatic carbocycles. The van der Waals surface area contributed by atoms with Gasteiger partial charge < -0.3 is 0 Å². The van der Waals surface area contributed by atoms with Crippen LogP contribution in [-0.2, 0) is 28.0 Å². The average molecular weight is 221 g/mol. The topological polar surface area (TPSA) is 0 Å². The number of hydrogen-bond donors (Lipinski definition) is 0. The molecule has 1 aromatic rings. The van der Waals surface area contributed by atoms with Gasteiger partial charge in [-0.15, -0.1) is 0 Å². The minimum atomic E-state index is 0. The van der Waals surface area contributed by atoms with Crippen LogP contribution in [0.15, 0.2) is 35.2 Å². The van der Waals surface area contributed by atoms with Crippen LogP contribution in [0.4, 0.5) is 0 Å². The summed E-state index contributed by atoms with van der Waals surface area (Å²) in [6.45, 7) is 0. The summed E-state index contributed by atoms with van der Waals surface area (Å²) >= 11 is 0. The van der Waals surface area contributed by atoms with E-state index in [4.69, 9.17) is 0 Å². The Morgan fingerprint density at radius 2 is 1.50 bits per heavy atom. The van der Waals surface area contributed by atoms with E-state index in [0.29, 0.717) is 10.9 Å². The molecule has 0 saturated carbocycles. The zero-order chi connectivity index (χ0) is 7.52. The maximum Gasteiger partial charge on any atom is 0.154 e. The summed E-state index contributed by atoms with van der Waals surface area (Å²) in [5.41, 5.74) is 0. The quantitative estimate of drug-likeness (QED) is 0.504. The molecule has 66 valence electrons. The van der Waals surface area contributed by atoms with Gasteiger partial charge in [0.05, 0.1) is 0 Å². The first-order valence-electron chi connectivity index (χ1n) is 4.19. The molecule has 1 aliphatic rings. The third-order valence-corrected chi connectivity index (χ3v) is 4.61. The first-order chi connectivity index (χ1) is 5.47. The predicted molar refractivity (Wildman–Crippen MR) is 51.0 cm³/mol. The largest absolute Gasteiger partial charge is 0.154 e. The fourth-order valence-corrected chi connectivity index (χ4v) is 3.83. The van der Waals surface area contributed by atoms with Gasteiger partial charge in [-0.25, -0.2) is 0 Å². The standard InChI is InChI=1S/C10H13S.Fe/c1-2-6-10(7-3-1)11-8-4-5-9-11;/h1-3,6-7H,4-5,8-9H2;/q+1;. The van der Waals surface area contributed by atoms with Crippen LogP contribution in [-0.4, -0.2) is 11.5 Å². The van der Waals surface area contributed by atoms with Crippen molar-refractivity contribution in [2.75, 3.05) is 11.5 Å². The zero-order valence-electron chi connectivity index (χ0n) is 6.98. The minimum Gasteiger partial charge on any atom is -0.0619 e. The number of benzene rings is 1. The van der Waals surface area contributed by atoms with Gasteiger partial charge >= 0.3 is 0 Å². The van der Waals surface area contributed by atoms with E-state index in [1.54, 1.807) is 4.90 Å². The zero-order valence-corrected chi connectivity index (χ0v) is 8.90. The molecule has 1 aliphatic heterocycles. The van der Waals surface area contributed by atoms with Crippen molar-refractivity contribution < 1.29 is 17.1 Å². The molecule has 0 spiro atoms. The van der Waals surface area contributed by atoms with E-state index in [2.05, 4.69) is 30.3 Å². The first-order valence-corrected chi connectivity index (χ1v) is 5.76. The molecule has 0 radical (unpaired) electrons. The second-order valence-corrected chi connectivity index (χ2v) is 5.19. The molecule has 0 N–H and O–H groups in total. The molecule has 0 aromatic heterocycles. The van der Waals surface area contributed by atoms with E-state index in [9.17, 15) is 0 Å². The van der Waals surface area contributed by atoms with E-state index in [-0.39, 0.29) is 17.1 Å². The third kappa shape index (κ3) is 2.29. The minimum absolute atomic E-state index is 0. The second kappa shape index (κ2) is 4.96. The molecule has 1 fully saturated rings.